The molecular weight excluding hydrogens is 451 g/mol. The minimum absolute atomic E-state index is 0.193. The maximum absolute atomic E-state index is 12.8. The average molecular weight is 469 g/mol. The minimum atomic E-state index is -4.59. The number of benzene rings is 3. The van der Waals surface area contributed by atoms with Gasteiger partial charge < -0.3 is 10.1 Å². The largest absolute Gasteiger partial charge is 0.423 e. The lowest BCUT2D eigenvalue weighted by Crippen LogP contribution is -2.32. The van der Waals surface area contributed by atoms with E-state index in [1.54, 1.807) is 36.4 Å². The molecule has 0 unspecified atom stereocenters. The molecule has 0 aliphatic carbocycles. The molecular formula is C24H18F3N3O4. The van der Waals surface area contributed by atoms with Crippen LogP contribution in [0.3, 0.4) is 0 Å². The first-order valence-corrected chi connectivity index (χ1v) is 9.82. The van der Waals surface area contributed by atoms with Gasteiger partial charge in [-0.05, 0) is 55.0 Å². The summed E-state index contributed by atoms with van der Waals surface area (Å²) in [7, 11) is 0. The molecule has 174 valence electrons. The Labute approximate surface area is 192 Å². The molecule has 0 atom stereocenters. The van der Waals surface area contributed by atoms with Crippen molar-refractivity contribution in [3.8, 4) is 5.75 Å². The molecule has 0 saturated heterocycles. The van der Waals surface area contributed by atoms with E-state index in [2.05, 4.69) is 10.4 Å². The van der Waals surface area contributed by atoms with E-state index < -0.39 is 29.5 Å². The third kappa shape index (κ3) is 6.76. The van der Waals surface area contributed by atoms with Crippen molar-refractivity contribution in [2.75, 3.05) is 5.32 Å². The lowest BCUT2D eigenvalue weighted by atomic mass is 10.1. The van der Waals surface area contributed by atoms with Gasteiger partial charge in [-0.15, -0.1) is 0 Å². The summed E-state index contributed by atoms with van der Waals surface area (Å²) in [6.07, 6.45) is -3.38. The maximum Gasteiger partial charge on any atom is 0.416 e. The van der Waals surface area contributed by atoms with Crippen molar-refractivity contribution in [2.45, 2.75) is 13.1 Å². The van der Waals surface area contributed by atoms with Gasteiger partial charge in [-0.3, -0.25) is 9.59 Å². The van der Waals surface area contributed by atoms with E-state index in [1.807, 2.05) is 18.4 Å². The van der Waals surface area contributed by atoms with Crippen LogP contribution < -0.4 is 15.5 Å². The predicted molar refractivity (Wildman–Crippen MR) is 118 cm³/mol. The number of carbonyl (C=O) groups is 3. The smallest absolute Gasteiger partial charge is 0.416 e. The predicted octanol–water partition coefficient (Wildman–Crippen LogP) is 4.32. The Bertz CT molecular complexity index is 1260. The maximum atomic E-state index is 12.8. The van der Waals surface area contributed by atoms with E-state index in [9.17, 15) is 27.6 Å². The number of nitrogens with zero attached hydrogens (tertiary/aromatic N) is 1. The zero-order chi connectivity index (χ0) is 24.7. The average Bonchev–Trinajstić information content (AvgIpc) is 2.79. The Morgan fingerprint density at radius 3 is 2.38 bits per heavy atom. The number of hydrogen-bond donors (Lipinski definition) is 2. The van der Waals surface area contributed by atoms with Gasteiger partial charge in [0.25, 0.3) is 0 Å². The molecule has 34 heavy (non-hydrogen) atoms. The number of amides is 2. The van der Waals surface area contributed by atoms with E-state index in [1.165, 1.54) is 18.3 Å². The number of hydrazone groups is 1. The summed E-state index contributed by atoms with van der Waals surface area (Å²) < 4.78 is 43.6. The summed E-state index contributed by atoms with van der Waals surface area (Å²) in [5, 5.41) is 5.72. The lowest BCUT2D eigenvalue weighted by Gasteiger charge is -2.09. The van der Waals surface area contributed by atoms with Crippen molar-refractivity contribution in [3.63, 3.8) is 0 Å². The molecule has 0 saturated carbocycles. The fourth-order valence-corrected chi connectivity index (χ4v) is 2.77. The van der Waals surface area contributed by atoms with Crippen molar-refractivity contribution < 1.29 is 32.3 Å². The normalized spacial score (nSPS) is 11.2. The molecule has 3 aromatic carbocycles. The van der Waals surface area contributed by atoms with Gasteiger partial charge in [0.05, 0.1) is 17.3 Å². The van der Waals surface area contributed by atoms with Gasteiger partial charge in [-0.1, -0.05) is 35.9 Å². The SMILES string of the molecule is Cc1cccc(C(=O)Oc2cccc(C=NNC(=O)C(=O)Nc3cccc(C(F)(F)F)c3)c2)c1. The summed E-state index contributed by atoms with van der Waals surface area (Å²) in [5.41, 5.74) is 2.56. The van der Waals surface area contributed by atoms with Crippen LogP contribution in [0.25, 0.3) is 0 Å². The Kier molecular flexibility index (Phi) is 7.42. The topological polar surface area (TPSA) is 96.9 Å². The highest BCUT2D eigenvalue weighted by Crippen LogP contribution is 2.30. The molecule has 7 nitrogen and oxygen atoms in total. The van der Waals surface area contributed by atoms with Crippen LogP contribution in [-0.2, 0) is 15.8 Å². The van der Waals surface area contributed by atoms with E-state index in [-0.39, 0.29) is 11.4 Å². The van der Waals surface area contributed by atoms with Crippen molar-refractivity contribution in [1.29, 1.82) is 0 Å². The number of aryl methyl sites for hydroxylation is 1. The van der Waals surface area contributed by atoms with Crippen LogP contribution in [0.1, 0.15) is 27.0 Å². The molecule has 0 aliphatic rings. The van der Waals surface area contributed by atoms with E-state index in [0.29, 0.717) is 17.2 Å². The molecule has 3 aromatic rings. The van der Waals surface area contributed by atoms with Crippen LogP contribution in [0, 0.1) is 6.92 Å². The van der Waals surface area contributed by atoms with E-state index >= 15 is 0 Å². The third-order valence-corrected chi connectivity index (χ3v) is 4.36. The monoisotopic (exact) mass is 469 g/mol. The van der Waals surface area contributed by atoms with Gasteiger partial charge in [-0.25, -0.2) is 10.2 Å². The standard InChI is InChI=1S/C24H18F3N3O4/c1-15-5-2-7-17(11-15)23(33)34-20-10-3-6-16(12-20)14-28-30-22(32)21(31)29-19-9-4-8-18(13-19)24(25,26)27/h2-14H,1H3,(H,29,31)(H,30,32). The van der Waals surface area contributed by atoms with E-state index in [4.69, 9.17) is 4.74 Å². The van der Waals surface area contributed by atoms with Crippen molar-refractivity contribution in [3.05, 3.63) is 95.1 Å². The fourth-order valence-electron chi connectivity index (χ4n) is 2.77. The summed E-state index contributed by atoms with van der Waals surface area (Å²) >= 11 is 0. The molecule has 0 aliphatic heterocycles. The lowest BCUT2D eigenvalue weighted by molar-refractivity contribution is -0.137. The number of carbonyl (C=O) groups excluding carboxylic acids is 3. The highest BCUT2D eigenvalue weighted by Gasteiger charge is 2.30. The number of rotatable bonds is 5. The van der Waals surface area contributed by atoms with Gasteiger partial charge in [0.1, 0.15) is 5.75 Å². The second kappa shape index (κ2) is 10.4. The Morgan fingerprint density at radius 2 is 1.65 bits per heavy atom. The summed E-state index contributed by atoms with van der Waals surface area (Å²) in [4.78, 5) is 36.1. The number of esters is 1. The summed E-state index contributed by atoms with van der Waals surface area (Å²) in [6, 6.07) is 17.0. The van der Waals surface area contributed by atoms with Crippen LogP contribution in [-0.4, -0.2) is 24.0 Å². The molecule has 0 heterocycles. The van der Waals surface area contributed by atoms with Crippen molar-refractivity contribution in [1.82, 2.24) is 5.43 Å². The number of nitrogens with one attached hydrogen (secondary N) is 2. The van der Waals surface area contributed by atoms with Gasteiger partial charge >= 0.3 is 24.0 Å². The number of halogens is 3. The molecule has 0 aromatic heterocycles. The molecule has 0 bridgehead atoms. The fraction of sp³-hybridized carbons (Fsp3) is 0.0833. The molecule has 10 heteroatoms. The first-order chi connectivity index (χ1) is 16.1. The molecule has 2 amide bonds. The second-order valence-corrected chi connectivity index (χ2v) is 7.06. The number of hydrogen-bond acceptors (Lipinski definition) is 5. The molecule has 3 rings (SSSR count). The third-order valence-electron chi connectivity index (χ3n) is 4.36. The highest BCUT2D eigenvalue weighted by molar-refractivity contribution is 6.39. The van der Waals surface area contributed by atoms with Crippen LogP contribution in [0.15, 0.2) is 77.9 Å². The minimum Gasteiger partial charge on any atom is -0.423 e. The molecule has 0 spiro atoms. The summed E-state index contributed by atoms with van der Waals surface area (Å²) in [6.45, 7) is 1.85. The Hall–Kier alpha value is -4.47. The number of anilines is 1. The van der Waals surface area contributed by atoms with Gasteiger partial charge in [0.2, 0.25) is 0 Å². The van der Waals surface area contributed by atoms with Gasteiger partial charge in [0, 0.05) is 5.69 Å². The highest BCUT2D eigenvalue weighted by atomic mass is 19.4. The second-order valence-electron chi connectivity index (χ2n) is 7.06. The molecule has 0 fully saturated rings. The van der Waals surface area contributed by atoms with Gasteiger partial charge in [0.15, 0.2) is 0 Å². The first-order valence-electron chi connectivity index (χ1n) is 9.82. The van der Waals surface area contributed by atoms with Crippen LogP contribution in [0.4, 0.5) is 18.9 Å². The zero-order valence-electron chi connectivity index (χ0n) is 17.7. The van der Waals surface area contributed by atoms with Crippen molar-refractivity contribution >= 4 is 29.7 Å². The molecule has 0 radical (unpaired) electrons. The van der Waals surface area contributed by atoms with Crippen LogP contribution >= 0.6 is 0 Å². The summed E-state index contributed by atoms with van der Waals surface area (Å²) in [5.74, 6) is -2.69. The number of ether oxygens (including phenoxy) is 1. The zero-order valence-corrected chi connectivity index (χ0v) is 17.7. The Morgan fingerprint density at radius 1 is 0.912 bits per heavy atom. The van der Waals surface area contributed by atoms with Gasteiger partial charge in [-0.2, -0.15) is 18.3 Å². The number of alkyl halides is 3. The quantitative estimate of drug-likeness (QED) is 0.191. The first kappa shape index (κ1) is 24.2. The van der Waals surface area contributed by atoms with Crippen molar-refractivity contribution in [2.24, 2.45) is 5.10 Å². The Balaban J connectivity index is 1.57. The van der Waals surface area contributed by atoms with Crippen LogP contribution in [0.2, 0.25) is 0 Å². The molecule has 2 N–H and O–H groups in total. The van der Waals surface area contributed by atoms with Crippen LogP contribution in [0.5, 0.6) is 5.75 Å². The van der Waals surface area contributed by atoms with E-state index in [0.717, 1.165) is 17.7 Å².